The van der Waals surface area contributed by atoms with Crippen LogP contribution in [0.15, 0.2) is 24.5 Å². The van der Waals surface area contributed by atoms with Gasteiger partial charge in [0, 0.05) is 17.5 Å². The normalized spacial score (nSPS) is 11.9. The van der Waals surface area contributed by atoms with Gasteiger partial charge in [0.15, 0.2) is 0 Å². The molecule has 116 valence electrons. The Morgan fingerprint density at radius 1 is 1.45 bits per heavy atom. The third kappa shape index (κ3) is 4.01. The topological polar surface area (TPSA) is 110 Å². The van der Waals surface area contributed by atoms with Crippen LogP contribution >= 0.6 is 11.6 Å². The third-order valence-electron chi connectivity index (χ3n) is 2.97. The number of aromatic nitrogens is 4. The number of amides is 1. The summed E-state index contributed by atoms with van der Waals surface area (Å²) in [6.45, 7) is 1.74. The van der Waals surface area contributed by atoms with Gasteiger partial charge < -0.3 is 10.4 Å². The fraction of sp³-hybridized carbons (Fsp3) is 0.308. The highest BCUT2D eigenvalue weighted by Crippen LogP contribution is 2.19. The van der Waals surface area contributed by atoms with Crippen molar-refractivity contribution in [1.82, 2.24) is 25.5 Å². The van der Waals surface area contributed by atoms with Crippen LogP contribution in [-0.4, -0.2) is 43.2 Å². The standard InChI is InChI=1S/C13H14ClN5O3/c1-8(2-5-12(20)21)16-13(22)10-6-9(14)3-4-11(10)19-7-15-17-18-19/h3-4,6-8H,2,5H2,1H3,(H,16,22)(H,20,21). The van der Waals surface area contributed by atoms with E-state index in [1.54, 1.807) is 19.1 Å². The molecule has 2 aromatic rings. The molecule has 1 unspecified atom stereocenters. The first-order valence-electron chi connectivity index (χ1n) is 6.53. The number of aliphatic carboxylic acids is 1. The zero-order valence-electron chi connectivity index (χ0n) is 11.7. The highest BCUT2D eigenvalue weighted by molar-refractivity contribution is 6.31. The number of hydrogen-bond donors (Lipinski definition) is 2. The van der Waals surface area contributed by atoms with Gasteiger partial charge in [-0.2, -0.15) is 4.68 Å². The minimum atomic E-state index is -0.904. The number of carbonyl (C=O) groups is 2. The Morgan fingerprint density at radius 3 is 2.86 bits per heavy atom. The van der Waals surface area contributed by atoms with Crippen molar-refractivity contribution in [3.63, 3.8) is 0 Å². The molecule has 9 heteroatoms. The van der Waals surface area contributed by atoms with Crippen LogP contribution in [0.1, 0.15) is 30.1 Å². The molecular formula is C13H14ClN5O3. The second-order valence-corrected chi connectivity index (χ2v) is 5.16. The molecule has 0 aliphatic rings. The highest BCUT2D eigenvalue weighted by Gasteiger charge is 2.17. The van der Waals surface area contributed by atoms with Gasteiger partial charge in [0.1, 0.15) is 6.33 Å². The van der Waals surface area contributed by atoms with Crippen LogP contribution in [0.25, 0.3) is 5.69 Å². The van der Waals surface area contributed by atoms with Crippen LogP contribution in [0, 0.1) is 0 Å². The van der Waals surface area contributed by atoms with E-state index in [1.807, 2.05) is 0 Å². The SMILES string of the molecule is CC(CCC(=O)O)NC(=O)c1cc(Cl)ccc1-n1cnnn1. The summed E-state index contributed by atoms with van der Waals surface area (Å²) in [5, 5.41) is 22.6. The molecule has 1 aromatic carbocycles. The molecule has 1 heterocycles. The lowest BCUT2D eigenvalue weighted by molar-refractivity contribution is -0.137. The summed E-state index contributed by atoms with van der Waals surface area (Å²) in [5.41, 5.74) is 0.791. The molecule has 8 nitrogen and oxygen atoms in total. The zero-order valence-corrected chi connectivity index (χ0v) is 12.5. The summed E-state index contributed by atoms with van der Waals surface area (Å²) in [4.78, 5) is 22.9. The van der Waals surface area contributed by atoms with Crippen molar-refractivity contribution < 1.29 is 14.7 Å². The summed E-state index contributed by atoms with van der Waals surface area (Å²) in [7, 11) is 0. The smallest absolute Gasteiger partial charge is 0.303 e. The van der Waals surface area contributed by atoms with Crippen LogP contribution in [-0.2, 0) is 4.79 Å². The van der Waals surface area contributed by atoms with Crippen LogP contribution in [0.4, 0.5) is 0 Å². The van der Waals surface area contributed by atoms with Crippen molar-refractivity contribution in [3.8, 4) is 5.69 Å². The van der Waals surface area contributed by atoms with Crippen LogP contribution in [0.5, 0.6) is 0 Å². The molecule has 2 rings (SSSR count). The average Bonchev–Trinajstić information content (AvgIpc) is 2.99. The van der Waals surface area contributed by atoms with Gasteiger partial charge in [-0.3, -0.25) is 9.59 Å². The van der Waals surface area contributed by atoms with Gasteiger partial charge in [0.05, 0.1) is 11.3 Å². The van der Waals surface area contributed by atoms with E-state index in [2.05, 4.69) is 20.8 Å². The quantitative estimate of drug-likeness (QED) is 0.829. The number of nitrogens with one attached hydrogen (secondary N) is 1. The van der Waals surface area contributed by atoms with Gasteiger partial charge in [0.25, 0.3) is 5.91 Å². The summed E-state index contributed by atoms with van der Waals surface area (Å²) >= 11 is 5.94. The Morgan fingerprint density at radius 2 is 2.23 bits per heavy atom. The van der Waals surface area contributed by atoms with Crippen molar-refractivity contribution in [1.29, 1.82) is 0 Å². The molecule has 0 spiro atoms. The van der Waals surface area contributed by atoms with Gasteiger partial charge in [-0.15, -0.1) is 5.10 Å². The van der Waals surface area contributed by atoms with E-state index in [9.17, 15) is 9.59 Å². The molecule has 0 aliphatic carbocycles. The first-order chi connectivity index (χ1) is 10.5. The molecule has 0 fully saturated rings. The van der Waals surface area contributed by atoms with E-state index in [1.165, 1.54) is 17.1 Å². The number of halogens is 1. The van der Waals surface area contributed by atoms with E-state index in [-0.39, 0.29) is 18.4 Å². The number of benzene rings is 1. The number of nitrogens with zero attached hydrogens (tertiary/aromatic N) is 4. The molecule has 1 amide bonds. The fourth-order valence-corrected chi connectivity index (χ4v) is 2.05. The van der Waals surface area contributed by atoms with Crippen LogP contribution < -0.4 is 5.32 Å². The van der Waals surface area contributed by atoms with Crippen molar-refractivity contribution in [2.24, 2.45) is 0 Å². The first kappa shape index (κ1) is 15.9. The van der Waals surface area contributed by atoms with Crippen molar-refractivity contribution in [2.75, 3.05) is 0 Å². The van der Waals surface area contributed by atoms with Crippen LogP contribution in [0.2, 0.25) is 5.02 Å². The largest absolute Gasteiger partial charge is 0.481 e. The molecule has 2 N–H and O–H groups in total. The van der Waals surface area contributed by atoms with E-state index in [4.69, 9.17) is 16.7 Å². The molecule has 1 aromatic heterocycles. The van der Waals surface area contributed by atoms with E-state index in [0.717, 1.165) is 0 Å². The summed E-state index contributed by atoms with van der Waals surface area (Å²) in [6.07, 6.45) is 1.69. The lowest BCUT2D eigenvalue weighted by atomic mass is 10.1. The summed E-state index contributed by atoms with van der Waals surface area (Å²) in [6, 6.07) is 4.49. The van der Waals surface area contributed by atoms with Crippen molar-refractivity contribution in [3.05, 3.63) is 35.1 Å². The molecule has 0 bridgehead atoms. The van der Waals surface area contributed by atoms with Crippen molar-refractivity contribution >= 4 is 23.5 Å². The third-order valence-corrected chi connectivity index (χ3v) is 3.20. The zero-order chi connectivity index (χ0) is 16.1. The van der Waals surface area contributed by atoms with Crippen molar-refractivity contribution in [2.45, 2.75) is 25.8 Å². The van der Waals surface area contributed by atoms with E-state index < -0.39 is 5.97 Å². The molecular weight excluding hydrogens is 310 g/mol. The Labute approximate surface area is 131 Å². The van der Waals surface area contributed by atoms with Gasteiger partial charge in [0.2, 0.25) is 0 Å². The lowest BCUT2D eigenvalue weighted by Gasteiger charge is -2.15. The molecule has 22 heavy (non-hydrogen) atoms. The van der Waals surface area contributed by atoms with Gasteiger partial charge in [-0.05, 0) is 42.0 Å². The maximum absolute atomic E-state index is 12.4. The van der Waals surface area contributed by atoms with Crippen LogP contribution in [0.3, 0.4) is 0 Å². The van der Waals surface area contributed by atoms with Gasteiger partial charge in [-0.25, -0.2) is 0 Å². The molecule has 0 aliphatic heterocycles. The maximum atomic E-state index is 12.4. The predicted molar refractivity (Wildman–Crippen MR) is 78.0 cm³/mol. The molecule has 1 atom stereocenters. The number of rotatable bonds is 6. The average molecular weight is 324 g/mol. The highest BCUT2D eigenvalue weighted by atomic mass is 35.5. The number of tetrazole rings is 1. The number of carbonyl (C=O) groups excluding carboxylic acids is 1. The maximum Gasteiger partial charge on any atom is 0.303 e. The van der Waals surface area contributed by atoms with E-state index >= 15 is 0 Å². The minimum Gasteiger partial charge on any atom is -0.481 e. The minimum absolute atomic E-state index is 0.0170. The summed E-state index contributed by atoms with van der Waals surface area (Å²) in [5.74, 6) is -1.27. The molecule has 0 saturated carbocycles. The predicted octanol–water partition coefficient (Wildman–Crippen LogP) is 1.30. The summed E-state index contributed by atoms with van der Waals surface area (Å²) < 4.78 is 1.35. The molecule has 0 saturated heterocycles. The van der Waals surface area contributed by atoms with E-state index in [0.29, 0.717) is 22.7 Å². The number of carboxylic acid groups (broad SMARTS) is 1. The fourth-order valence-electron chi connectivity index (χ4n) is 1.88. The Balaban J connectivity index is 2.18. The Kier molecular flexibility index (Phi) is 5.05. The lowest BCUT2D eigenvalue weighted by Crippen LogP contribution is -2.33. The second kappa shape index (κ2) is 6.99. The monoisotopic (exact) mass is 323 g/mol. The Hall–Kier alpha value is -2.48. The molecule has 0 radical (unpaired) electrons. The van der Waals surface area contributed by atoms with Gasteiger partial charge in [-0.1, -0.05) is 11.6 Å². The first-order valence-corrected chi connectivity index (χ1v) is 6.90. The number of carboxylic acids is 1. The number of hydrogen-bond acceptors (Lipinski definition) is 5. The van der Waals surface area contributed by atoms with Gasteiger partial charge >= 0.3 is 5.97 Å². The second-order valence-electron chi connectivity index (χ2n) is 4.72. The Bertz CT molecular complexity index is 674.